The molecule has 0 saturated carbocycles. The summed E-state index contributed by atoms with van der Waals surface area (Å²) >= 11 is 0. The van der Waals surface area contributed by atoms with Crippen LogP contribution in [0.2, 0.25) is 0 Å². The van der Waals surface area contributed by atoms with Crippen molar-refractivity contribution < 1.29 is 29.0 Å². The second-order valence-electron chi connectivity index (χ2n) is 7.46. The molecule has 0 radical (unpaired) electrons. The highest BCUT2D eigenvalue weighted by Crippen LogP contribution is 2.21. The number of tetrazole rings is 1. The third-order valence-electron chi connectivity index (χ3n) is 5.11. The maximum Gasteiger partial charge on any atom is 0.407 e. The maximum absolute atomic E-state index is 12.5. The molecule has 1 heterocycles. The number of rotatable bonds is 10. The number of hydrogen-bond donors (Lipinski definition) is 2. The Labute approximate surface area is 195 Å². The first kappa shape index (κ1) is 24.5. The Bertz CT molecular complexity index is 1110. The number of aliphatic hydroxyl groups excluding tert-OH is 1. The van der Waals surface area contributed by atoms with Gasteiger partial charge < -0.3 is 19.9 Å². The summed E-state index contributed by atoms with van der Waals surface area (Å²) in [7, 11) is 1.09. The molecule has 0 bridgehead atoms. The Hall–Kier alpha value is -4.12. The average molecular weight is 467 g/mol. The lowest BCUT2D eigenvalue weighted by Gasteiger charge is -2.24. The van der Waals surface area contributed by atoms with Gasteiger partial charge >= 0.3 is 12.1 Å². The molecule has 0 aliphatic heterocycles. The van der Waals surface area contributed by atoms with Gasteiger partial charge in [0.05, 0.1) is 13.2 Å². The number of benzene rings is 2. The van der Waals surface area contributed by atoms with Crippen molar-refractivity contribution >= 4 is 17.8 Å². The van der Waals surface area contributed by atoms with Crippen LogP contribution in [0.4, 0.5) is 4.79 Å². The van der Waals surface area contributed by atoms with Crippen LogP contribution in [0.15, 0.2) is 60.7 Å². The van der Waals surface area contributed by atoms with Crippen LogP contribution in [0, 0.1) is 0 Å². The van der Waals surface area contributed by atoms with E-state index >= 15 is 0 Å². The van der Waals surface area contributed by atoms with E-state index < -0.39 is 36.0 Å². The maximum atomic E-state index is 12.5. The van der Waals surface area contributed by atoms with Gasteiger partial charge in [-0.2, -0.15) is 0 Å². The highest BCUT2D eigenvalue weighted by atomic mass is 16.5. The van der Waals surface area contributed by atoms with Crippen molar-refractivity contribution in [3.8, 4) is 0 Å². The van der Waals surface area contributed by atoms with Crippen molar-refractivity contribution in [1.82, 2.24) is 25.5 Å². The number of ketones is 1. The van der Waals surface area contributed by atoms with Crippen LogP contribution in [0.25, 0.3) is 0 Å². The van der Waals surface area contributed by atoms with Gasteiger partial charge in [0.25, 0.3) is 5.78 Å². The monoisotopic (exact) mass is 467 g/mol. The molecule has 178 valence electrons. The van der Waals surface area contributed by atoms with Crippen LogP contribution in [0.1, 0.15) is 36.0 Å². The first-order valence-electron chi connectivity index (χ1n) is 10.5. The molecule has 34 heavy (non-hydrogen) atoms. The Morgan fingerprint density at radius 3 is 2.26 bits per heavy atom. The molecule has 3 atom stereocenters. The molecule has 1 aromatic heterocycles. The molecule has 0 aliphatic carbocycles. The number of esters is 1. The standard InChI is InChI=1S/C23H25N5O6/c1-15(19(29)22(31)33-2)28-21(25-26-27-28)20(30)18(13-16-9-5-3-6-10-16)24-23(32)34-14-17-11-7-4-8-12-17/h3-12,15,18,20,30H,13-14H2,1-2H3,(H,24,32)/t15-,18-,20+/m0/s1. The zero-order valence-electron chi connectivity index (χ0n) is 18.7. The van der Waals surface area contributed by atoms with E-state index in [4.69, 9.17) is 4.74 Å². The Morgan fingerprint density at radius 1 is 1.03 bits per heavy atom. The van der Waals surface area contributed by atoms with Crippen LogP contribution in [0.5, 0.6) is 0 Å². The number of nitrogens with zero attached hydrogens (tertiary/aromatic N) is 4. The number of carbonyl (C=O) groups excluding carboxylic acids is 3. The Balaban J connectivity index is 1.79. The fourth-order valence-electron chi connectivity index (χ4n) is 3.26. The van der Waals surface area contributed by atoms with Crippen LogP contribution in [-0.4, -0.2) is 56.3 Å². The molecule has 0 unspecified atom stereocenters. The molecule has 0 saturated heterocycles. The summed E-state index contributed by atoms with van der Waals surface area (Å²) in [5.74, 6) is -2.06. The predicted octanol–water partition coefficient (Wildman–Crippen LogP) is 1.55. The lowest BCUT2D eigenvalue weighted by molar-refractivity contribution is -0.153. The number of carbonyl (C=O) groups is 3. The summed E-state index contributed by atoms with van der Waals surface area (Å²) in [5.41, 5.74) is 1.63. The van der Waals surface area contributed by atoms with Gasteiger partial charge in [0.1, 0.15) is 18.8 Å². The van der Waals surface area contributed by atoms with E-state index in [0.717, 1.165) is 22.9 Å². The summed E-state index contributed by atoms with van der Waals surface area (Å²) in [5, 5.41) is 24.9. The molecule has 11 heteroatoms. The smallest absolute Gasteiger partial charge is 0.407 e. The topological polar surface area (TPSA) is 146 Å². The number of aromatic nitrogens is 4. The number of ether oxygens (including phenoxy) is 2. The van der Waals surface area contributed by atoms with Crippen molar-refractivity contribution in [1.29, 1.82) is 0 Å². The van der Waals surface area contributed by atoms with Crippen LogP contribution in [-0.2, 0) is 32.1 Å². The van der Waals surface area contributed by atoms with E-state index in [1.165, 1.54) is 6.92 Å². The number of methoxy groups -OCH3 is 1. The summed E-state index contributed by atoms with van der Waals surface area (Å²) in [4.78, 5) is 36.4. The van der Waals surface area contributed by atoms with E-state index in [-0.39, 0.29) is 18.9 Å². The number of hydrogen-bond acceptors (Lipinski definition) is 9. The molecule has 1 amide bonds. The minimum Gasteiger partial charge on any atom is -0.463 e. The van der Waals surface area contributed by atoms with Gasteiger partial charge in [0.2, 0.25) is 0 Å². The van der Waals surface area contributed by atoms with Gasteiger partial charge in [0.15, 0.2) is 5.82 Å². The molecular weight excluding hydrogens is 442 g/mol. The Kier molecular flexibility index (Phi) is 8.41. The molecule has 3 rings (SSSR count). The lowest BCUT2D eigenvalue weighted by Crippen LogP contribution is -2.42. The molecule has 11 nitrogen and oxygen atoms in total. The largest absolute Gasteiger partial charge is 0.463 e. The Morgan fingerprint density at radius 2 is 1.65 bits per heavy atom. The summed E-state index contributed by atoms with van der Waals surface area (Å²) in [6, 6.07) is 16.3. The number of nitrogens with one attached hydrogen (secondary N) is 1. The van der Waals surface area contributed by atoms with E-state index in [2.05, 4.69) is 25.6 Å². The first-order valence-corrected chi connectivity index (χ1v) is 10.5. The average Bonchev–Trinajstić information content (AvgIpc) is 3.36. The van der Waals surface area contributed by atoms with E-state index in [1.54, 1.807) is 0 Å². The van der Waals surface area contributed by atoms with Gasteiger partial charge in [-0.15, -0.1) is 5.10 Å². The minimum atomic E-state index is -1.42. The second-order valence-corrected chi connectivity index (χ2v) is 7.46. The SMILES string of the molecule is COC(=O)C(=O)[C@H](C)n1nnnc1[C@H](O)[C@H](Cc1ccccc1)NC(=O)OCc1ccccc1. The van der Waals surface area contributed by atoms with Gasteiger partial charge in [-0.25, -0.2) is 14.3 Å². The van der Waals surface area contributed by atoms with Crippen LogP contribution < -0.4 is 5.32 Å². The van der Waals surface area contributed by atoms with Gasteiger partial charge in [-0.05, 0) is 34.9 Å². The molecular formula is C23H25N5O6. The summed E-state index contributed by atoms with van der Waals surface area (Å²) in [6.07, 6.45) is -1.96. The van der Waals surface area contributed by atoms with Gasteiger partial charge in [-0.1, -0.05) is 60.7 Å². The molecule has 0 fully saturated rings. The lowest BCUT2D eigenvalue weighted by atomic mass is 10.0. The van der Waals surface area contributed by atoms with E-state index in [0.29, 0.717) is 0 Å². The highest BCUT2D eigenvalue weighted by molar-refractivity contribution is 6.34. The normalized spacial score (nSPS) is 13.4. The highest BCUT2D eigenvalue weighted by Gasteiger charge is 2.33. The van der Waals surface area contributed by atoms with E-state index in [1.807, 2.05) is 60.7 Å². The molecule has 3 aromatic rings. The minimum absolute atomic E-state index is 0.0449. The van der Waals surface area contributed by atoms with Crippen molar-refractivity contribution in [2.45, 2.75) is 38.1 Å². The molecule has 0 spiro atoms. The van der Waals surface area contributed by atoms with Crippen molar-refractivity contribution in [3.63, 3.8) is 0 Å². The number of Topliss-reactive ketones (excluding diaryl/α,β-unsaturated/α-hetero) is 1. The quantitative estimate of drug-likeness (QED) is 0.335. The number of alkyl carbamates (subject to hydrolysis) is 1. The zero-order chi connectivity index (χ0) is 24.5. The molecule has 0 aliphatic rings. The fourth-order valence-corrected chi connectivity index (χ4v) is 3.26. The van der Waals surface area contributed by atoms with Crippen LogP contribution in [0.3, 0.4) is 0 Å². The summed E-state index contributed by atoms with van der Waals surface area (Å²) < 4.78 is 10.8. The van der Waals surface area contributed by atoms with E-state index in [9.17, 15) is 19.5 Å². The predicted molar refractivity (Wildman–Crippen MR) is 118 cm³/mol. The fraction of sp³-hybridized carbons (Fsp3) is 0.304. The third-order valence-corrected chi connectivity index (χ3v) is 5.11. The first-order chi connectivity index (χ1) is 16.4. The van der Waals surface area contributed by atoms with Crippen molar-refractivity contribution in [2.75, 3.05) is 7.11 Å². The zero-order valence-corrected chi connectivity index (χ0v) is 18.7. The summed E-state index contributed by atoms with van der Waals surface area (Å²) in [6.45, 7) is 1.45. The number of amides is 1. The van der Waals surface area contributed by atoms with Gasteiger partial charge in [0, 0.05) is 0 Å². The third kappa shape index (κ3) is 6.23. The number of aliphatic hydroxyl groups is 1. The van der Waals surface area contributed by atoms with Crippen molar-refractivity contribution in [3.05, 3.63) is 77.6 Å². The van der Waals surface area contributed by atoms with Crippen LogP contribution >= 0.6 is 0 Å². The molecule has 2 N–H and O–H groups in total. The second kappa shape index (κ2) is 11.7. The van der Waals surface area contributed by atoms with Crippen molar-refractivity contribution in [2.24, 2.45) is 0 Å². The van der Waals surface area contributed by atoms with Gasteiger partial charge in [-0.3, -0.25) is 4.79 Å². The molecule has 2 aromatic carbocycles.